The van der Waals surface area contributed by atoms with Crippen LogP contribution in [0.5, 0.6) is 0 Å². The van der Waals surface area contributed by atoms with E-state index in [1.807, 2.05) is 0 Å². The Hall–Kier alpha value is -4.91. The van der Waals surface area contributed by atoms with Crippen LogP contribution < -0.4 is 20.2 Å². The fourth-order valence-electron chi connectivity index (χ4n) is 8.85. The molecule has 0 spiro atoms. The van der Waals surface area contributed by atoms with Gasteiger partial charge >= 0.3 is 0 Å². The van der Waals surface area contributed by atoms with Crippen LogP contribution in [0.3, 0.4) is 0 Å². The standard InChI is InChI=1S/C60H76N2Si2/c1-57(2,3)41-19-27-45(28-20-41)61(46-29-21-42(22-30-46)58(4,5)6)55-51-37-35-50(64(16,17)18)40-54(51)56(52-38-36-49(39-53(52)55)63(13,14)15)62(47-31-23-43(24-32-47)59(7,8)9)48-33-25-44(26-34-48)60(10,11)12/h19-40H,1-18H3. The Morgan fingerprint density at radius 3 is 0.688 bits per heavy atom. The summed E-state index contributed by atoms with van der Waals surface area (Å²) in [5.41, 5.74) is 12.6. The van der Waals surface area contributed by atoms with Gasteiger partial charge in [0.25, 0.3) is 0 Å². The molecule has 0 amide bonds. The summed E-state index contributed by atoms with van der Waals surface area (Å²) in [5.74, 6) is 0. The first kappa shape index (κ1) is 47.1. The van der Waals surface area contributed by atoms with Gasteiger partial charge in [0.15, 0.2) is 0 Å². The lowest BCUT2D eigenvalue weighted by Gasteiger charge is -2.35. The Kier molecular flexibility index (Phi) is 12.1. The lowest BCUT2D eigenvalue weighted by molar-refractivity contribution is 0.590. The van der Waals surface area contributed by atoms with Gasteiger partial charge in [-0.1, -0.05) is 218 Å². The second-order valence-corrected chi connectivity index (χ2v) is 34.7. The second kappa shape index (κ2) is 16.5. The number of hydrogen-bond acceptors (Lipinski definition) is 2. The maximum absolute atomic E-state index is 2.57. The van der Waals surface area contributed by atoms with Crippen LogP contribution >= 0.6 is 0 Å². The highest BCUT2D eigenvalue weighted by molar-refractivity contribution is 6.89. The van der Waals surface area contributed by atoms with Crippen LogP contribution in [0.4, 0.5) is 34.1 Å². The van der Waals surface area contributed by atoms with Gasteiger partial charge in [0.2, 0.25) is 0 Å². The summed E-state index contributed by atoms with van der Waals surface area (Å²) < 4.78 is 0. The lowest BCUT2D eigenvalue weighted by atomic mass is 9.86. The number of fused-ring (bicyclic) bond motifs is 2. The topological polar surface area (TPSA) is 6.48 Å². The molecule has 7 rings (SSSR count). The molecule has 334 valence electrons. The zero-order valence-corrected chi connectivity index (χ0v) is 44.6. The minimum atomic E-state index is -1.77. The predicted molar refractivity (Wildman–Crippen MR) is 292 cm³/mol. The number of rotatable bonds is 8. The summed E-state index contributed by atoms with van der Waals surface area (Å²) in [6, 6.07) is 52.5. The van der Waals surface area contributed by atoms with E-state index >= 15 is 0 Å². The zero-order chi connectivity index (χ0) is 46.9. The van der Waals surface area contributed by atoms with E-state index in [-0.39, 0.29) is 21.7 Å². The third kappa shape index (κ3) is 9.56. The van der Waals surface area contributed by atoms with Gasteiger partial charge in [-0.2, -0.15) is 0 Å². The average molecular weight is 881 g/mol. The van der Waals surface area contributed by atoms with Gasteiger partial charge in [-0.15, -0.1) is 0 Å². The number of anilines is 6. The molecule has 64 heavy (non-hydrogen) atoms. The van der Waals surface area contributed by atoms with Crippen molar-refractivity contribution in [3.05, 3.63) is 156 Å². The molecule has 2 nitrogen and oxygen atoms in total. The maximum atomic E-state index is 2.57. The molecule has 4 heteroatoms. The molecule has 0 bridgehead atoms. The summed E-state index contributed by atoms with van der Waals surface area (Å²) in [5, 5.41) is 7.94. The molecular weight excluding hydrogens is 805 g/mol. The Labute approximate surface area is 389 Å². The molecule has 0 aliphatic heterocycles. The quantitative estimate of drug-likeness (QED) is 0.0852. The number of benzene rings is 7. The molecule has 0 fully saturated rings. The summed E-state index contributed by atoms with van der Waals surface area (Å²) in [7, 11) is -3.55. The normalized spacial score (nSPS) is 13.2. The molecule has 0 radical (unpaired) electrons. The van der Waals surface area contributed by atoms with Crippen molar-refractivity contribution in [2.45, 2.75) is 144 Å². The molecule has 0 atom stereocenters. The lowest BCUT2D eigenvalue weighted by Crippen LogP contribution is -2.37. The van der Waals surface area contributed by atoms with Crippen molar-refractivity contribution in [3.8, 4) is 0 Å². The van der Waals surface area contributed by atoms with Crippen molar-refractivity contribution >= 4 is 82.2 Å². The first-order valence-corrected chi connectivity index (χ1v) is 30.6. The Bertz CT molecular complexity index is 2460. The van der Waals surface area contributed by atoms with Crippen LogP contribution in [0.2, 0.25) is 39.3 Å². The molecular formula is C60H76N2Si2. The molecule has 0 aliphatic carbocycles. The minimum Gasteiger partial charge on any atom is -0.309 e. The molecule has 0 saturated heterocycles. The van der Waals surface area contributed by atoms with Crippen LogP contribution in [0, 0.1) is 0 Å². The monoisotopic (exact) mass is 881 g/mol. The van der Waals surface area contributed by atoms with Gasteiger partial charge < -0.3 is 9.80 Å². The smallest absolute Gasteiger partial charge is 0.0776 e. The van der Waals surface area contributed by atoms with E-state index in [2.05, 4.69) is 266 Å². The Morgan fingerprint density at radius 2 is 0.500 bits per heavy atom. The van der Waals surface area contributed by atoms with Crippen molar-refractivity contribution in [2.24, 2.45) is 0 Å². The number of hydrogen-bond donors (Lipinski definition) is 0. The summed E-state index contributed by atoms with van der Waals surface area (Å²) in [6.07, 6.45) is 0. The maximum Gasteiger partial charge on any atom is 0.0776 e. The van der Waals surface area contributed by atoms with Gasteiger partial charge in [-0.3, -0.25) is 0 Å². The van der Waals surface area contributed by atoms with Gasteiger partial charge in [-0.05, 0) is 92.4 Å². The number of nitrogens with zero attached hydrogens (tertiary/aromatic N) is 2. The van der Waals surface area contributed by atoms with E-state index in [0.717, 1.165) is 22.7 Å². The first-order valence-electron chi connectivity index (χ1n) is 23.6. The molecule has 0 aliphatic rings. The Morgan fingerprint density at radius 1 is 0.281 bits per heavy atom. The molecule has 0 N–H and O–H groups in total. The largest absolute Gasteiger partial charge is 0.309 e. The van der Waals surface area contributed by atoms with Crippen molar-refractivity contribution in [1.29, 1.82) is 0 Å². The van der Waals surface area contributed by atoms with Crippen LogP contribution in [0.25, 0.3) is 21.5 Å². The Balaban J connectivity index is 1.68. The molecule has 0 aromatic heterocycles. The van der Waals surface area contributed by atoms with Gasteiger partial charge in [-0.25, -0.2) is 0 Å². The highest BCUT2D eigenvalue weighted by Gasteiger charge is 2.30. The molecule has 7 aromatic carbocycles. The van der Waals surface area contributed by atoms with Crippen LogP contribution in [-0.4, -0.2) is 16.1 Å². The average Bonchev–Trinajstić information content (AvgIpc) is 3.20. The van der Waals surface area contributed by atoms with Crippen molar-refractivity contribution in [1.82, 2.24) is 0 Å². The zero-order valence-electron chi connectivity index (χ0n) is 42.6. The fourth-order valence-corrected chi connectivity index (χ4v) is 11.2. The summed E-state index contributed by atoms with van der Waals surface area (Å²) in [6.45, 7) is 42.5. The summed E-state index contributed by atoms with van der Waals surface area (Å²) in [4.78, 5) is 5.13. The molecule has 7 aromatic rings. The van der Waals surface area contributed by atoms with Crippen LogP contribution in [0.15, 0.2) is 133 Å². The van der Waals surface area contributed by atoms with Crippen molar-refractivity contribution in [2.75, 3.05) is 9.80 Å². The van der Waals surface area contributed by atoms with Crippen LogP contribution in [0.1, 0.15) is 105 Å². The summed E-state index contributed by atoms with van der Waals surface area (Å²) >= 11 is 0. The van der Waals surface area contributed by atoms with E-state index in [9.17, 15) is 0 Å². The molecule has 0 heterocycles. The van der Waals surface area contributed by atoms with Gasteiger partial charge in [0.05, 0.1) is 27.5 Å². The van der Waals surface area contributed by atoms with E-state index in [1.165, 1.54) is 65.5 Å². The molecule has 0 unspecified atom stereocenters. The van der Waals surface area contributed by atoms with E-state index in [4.69, 9.17) is 0 Å². The van der Waals surface area contributed by atoms with Gasteiger partial charge in [0.1, 0.15) is 0 Å². The molecule has 0 saturated carbocycles. The SMILES string of the molecule is CC(C)(C)c1ccc(N(c2ccc(C(C)(C)C)cc2)c2c3ccc([Si](C)(C)C)cc3c(N(c3ccc(C(C)(C)C)cc3)c3ccc(C(C)(C)C)cc3)c3ccc([Si](C)(C)C)cc23)cc1. The third-order valence-corrected chi connectivity index (χ3v) is 17.3. The van der Waals surface area contributed by atoms with Crippen molar-refractivity contribution < 1.29 is 0 Å². The van der Waals surface area contributed by atoms with E-state index < -0.39 is 16.1 Å². The second-order valence-electron chi connectivity index (χ2n) is 24.6. The first-order chi connectivity index (χ1) is 29.5. The van der Waals surface area contributed by atoms with E-state index in [1.54, 1.807) is 0 Å². The van der Waals surface area contributed by atoms with E-state index in [0.29, 0.717) is 0 Å². The predicted octanol–water partition coefficient (Wildman–Crippen LogP) is 17.2. The highest BCUT2D eigenvalue weighted by Crippen LogP contribution is 2.51. The highest BCUT2D eigenvalue weighted by atomic mass is 28.3. The fraction of sp³-hybridized carbons (Fsp3) is 0.367. The third-order valence-electron chi connectivity index (χ3n) is 13.2. The van der Waals surface area contributed by atoms with Gasteiger partial charge in [0, 0.05) is 44.3 Å². The van der Waals surface area contributed by atoms with Crippen LogP contribution in [-0.2, 0) is 21.7 Å². The van der Waals surface area contributed by atoms with Crippen molar-refractivity contribution in [3.63, 3.8) is 0 Å². The minimum absolute atomic E-state index is 0.0396.